The summed E-state index contributed by atoms with van der Waals surface area (Å²) in [6.07, 6.45) is 1.04. The summed E-state index contributed by atoms with van der Waals surface area (Å²) in [6, 6.07) is 10.8. The Balaban J connectivity index is 1.88. The van der Waals surface area contributed by atoms with Gasteiger partial charge in [0.25, 0.3) is 0 Å². The molecule has 0 spiro atoms. The van der Waals surface area contributed by atoms with E-state index in [0.717, 1.165) is 25.3 Å². The Bertz CT molecular complexity index is 524. The van der Waals surface area contributed by atoms with E-state index < -0.39 is 0 Å². The van der Waals surface area contributed by atoms with Crippen LogP contribution in [0.2, 0.25) is 0 Å². The lowest BCUT2D eigenvalue weighted by Gasteiger charge is -2.14. The molecule has 4 heteroatoms. The van der Waals surface area contributed by atoms with E-state index in [1.165, 1.54) is 14.9 Å². The predicted octanol–water partition coefficient (Wildman–Crippen LogP) is 5.15. The first-order chi connectivity index (χ1) is 9.70. The van der Waals surface area contributed by atoms with Crippen molar-refractivity contribution in [3.8, 4) is 5.75 Å². The number of thiophene rings is 1. The number of nitrogens with one attached hydrogen (secondary N) is 1. The SMILES string of the molecule is CCCOc1ccc(C(C)NCc2sccc2Br)cc1. The van der Waals surface area contributed by atoms with Gasteiger partial charge < -0.3 is 10.1 Å². The van der Waals surface area contributed by atoms with Gasteiger partial charge in [-0.25, -0.2) is 0 Å². The van der Waals surface area contributed by atoms with Crippen LogP contribution >= 0.6 is 27.3 Å². The minimum Gasteiger partial charge on any atom is -0.494 e. The molecule has 1 N–H and O–H groups in total. The zero-order valence-electron chi connectivity index (χ0n) is 11.9. The first-order valence-electron chi connectivity index (χ1n) is 6.88. The zero-order chi connectivity index (χ0) is 14.4. The quantitative estimate of drug-likeness (QED) is 0.742. The first kappa shape index (κ1) is 15.5. The van der Waals surface area contributed by atoms with Crippen LogP contribution in [-0.2, 0) is 6.54 Å². The number of halogens is 1. The largest absolute Gasteiger partial charge is 0.494 e. The molecule has 108 valence electrons. The highest BCUT2D eigenvalue weighted by Gasteiger charge is 2.07. The molecule has 2 nitrogen and oxygen atoms in total. The lowest BCUT2D eigenvalue weighted by Crippen LogP contribution is -2.17. The molecule has 0 radical (unpaired) electrons. The van der Waals surface area contributed by atoms with E-state index in [1.807, 2.05) is 12.1 Å². The maximum atomic E-state index is 5.60. The van der Waals surface area contributed by atoms with E-state index in [-0.39, 0.29) is 0 Å². The molecule has 0 bridgehead atoms. The van der Waals surface area contributed by atoms with Crippen molar-refractivity contribution in [1.82, 2.24) is 5.32 Å². The van der Waals surface area contributed by atoms with Crippen LogP contribution in [0.1, 0.15) is 36.8 Å². The normalized spacial score (nSPS) is 12.3. The summed E-state index contributed by atoms with van der Waals surface area (Å²) in [5.74, 6) is 0.948. The van der Waals surface area contributed by atoms with Gasteiger partial charge in [0, 0.05) is 21.9 Å². The van der Waals surface area contributed by atoms with E-state index in [0.29, 0.717) is 6.04 Å². The van der Waals surface area contributed by atoms with Crippen LogP contribution in [0.3, 0.4) is 0 Å². The van der Waals surface area contributed by atoms with Crippen molar-refractivity contribution in [3.63, 3.8) is 0 Å². The molecule has 0 fully saturated rings. The summed E-state index contributed by atoms with van der Waals surface area (Å²) in [7, 11) is 0. The molecule has 0 aliphatic heterocycles. The fraction of sp³-hybridized carbons (Fsp3) is 0.375. The van der Waals surface area contributed by atoms with Gasteiger partial charge in [-0.15, -0.1) is 11.3 Å². The van der Waals surface area contributed by atoms with Crippen molar-refractivity contribution in [3.05, 3.63) is 50.6 Å². The lowest BCUT2D eigenvalue weighted by atomic mass is 10.1. The predicted molar refractivity (Wildman–Crippen MR) is 89.5 cm³/mol. The van der Waals surface area contributed by atoms with Crippen LogP contribution < -0.4 is 10.1 Å². The highest BCUT2D eigenvalue weighted by atomic mass is 79.9. The Morgan fingerprint density at radius 3 is 2.60 bits per heavy atom. The van der Waals surface area contributed by atoms with Crippen molar-refractivity contribution in [2.45, 2.75) is 32.9 Å². The van der Waals surface area contributed by atoms with E-state index in [1.54, 1.807) is 11.3 Å². The molecule has 1 aromatic heterocycles. The van der Waals surface area contributed by atoms with Gasteiger partial charge >= 0.3 is 0 Å². The zero-order valence-corrected chi connectivity index (χ0v) is 14.3. The fourth-order valence-corrected chi connectivity index (χ4v) is 3.33. The van der Waals surface area contributed by atoms with Gasteiger partial charge in [-0.3, -0.25) is 0 Å². The van der Waals surface area contributed by atoms with E-state index in [2.05, 4.69) is 58.7 Å². The van der Waals surface area contributed by atoms with Crippen LogP contribution in [0.4, 0.5) is 0 Å². The molecule has 2 rings (SSSR count). The summed E-state index contributed by atoms with van der Waals surface area (Å²) < 4.78 is 6.79. The van der Waals surface area contributed by atoms with Crippen LogP contribution in [-0.4, -0.2) is 6.61 Å². The summed E-state index contributed by atoms with van der Waals surface area (Å²) in [5.41, 5.74) is 1.28. The van der Waals surface area contributed by atoms with Gasteiger partial charge in [0.05, 0.1) is 6.61 Å². The fourth-order valence-electron chi connectivity index (χ4n) is 1.89. The van der Waals surface area contributed by atoms with Crippen molar-refractivity contribution in [1.29, 1.82) is 0 Å². The molecular weight excluding hydrogens is 334 g/mol. The van der Waals surface area contributed by atoms with Gasteiger partial charge in [0.1, 0.15) is 5.75 Å². The smallest absolute Gasteiger partial charge is 0.119 e. The number of ether oxygens (including phenoxy) is 1. The van der Waals surface area contributed by atoms with E-state index in [9.17, 15) is 0 Å². The number of hydrogen-bond acceptors (Lipinski definition) is 3. The molecule has 0 amide bonds. The van der Waals surface area contributed by atoms with Crippen LogP contribution in [0.15, 0.2) is 40.2 Å². The molecule has 2 aromatic rings. The summed E-state index contributed by atoms with van der Waals surface area (Å²) in [6.45, 7) is 5.96. The van der Waals surface area contributed by atoms with Gasteiger partial charge in [-0.05, 0) is 58.4 Å². The standard InChI is InChI=1S/C16H20BrNOS/c1-3-9-19-14-6-4-13(5-7-14)12(2)18-11-16-15(17)8-10-20-16/h4-8,10,12,18H,3,9,11H2,1-2H3. The number of hydrogen-bond donors (Lipinski definition) is 1. The third kappa shape index (κ3) is 4.33. The molecule has 0 saturated carbocycles. The van der Waals surface area contributed by atoms with Crippen molar-refractivity contribution >= 4 is 27.3 Å². The Labute approximate surface area is 133 Å². The van der Waals surface area contributed by atoms with Crippen LogP contribution in [0.5, 0.6) is 5.75 Å². The second kappa shape index (κ2) is 7.81. The van der Waals surface area contributed by atoms with Crippen LogP contribution in [0.25, 0.3) is 0 Å². The van der Waals surface area contributed by atoms with Gasteiger partial charge in [-0.1, -0.05) is 19.1 Å². The summed E-state index contributed by atoms with van der Waals surface area (Å²) in [4.78, 5) is 1.33. The number of rotatable bonds is 7. The van der Waals surface area contributed by atoms with Crippen LogP contribution in [0, 0.1) is 0 Å². The molecule has 0 aliphatic rings. The Morgan fingerprint density at radius 1 is 1.25 bits per heavy atom. The molecule has 1 heterocycles. The topological polar surface area (TPSA) is 21.3 Å². The Kier molecular flexibility index (Phi) is 6.07. The molecule has 0 aliphatic carbocycles. The van der Waals surface area contributed by atoms with Gasteiger partial charge in [-0.2, -0.15) is 0 Å². The minimum atomic E-state index is 0.323. The highest BCUT2D eigenvalue weighted by molar-refractivity contribution is 9.10. The monoisotopic (exact) mass is 353 g/mol. The minimum absolute atomic E-state index is 0.323. The molecule has 1 unspecified atom stereocenters. The lowest BCUT2D eigenvalue weighted by molar-refractivity contribution is 0.317. The average Bonchev–Trinajstić information content (AvgIpc) is 2.88. The third-order valence-electron chi connectivity index (χ3n) is 3.11. The first-order valence-corrected chi connectivity index (χ1v) is 8.56. The van der Waals surface area contributed by atoms with E-state index in [4.69, 9.17) is 4.74 Å². The van der Waals surface area contributed by atoms with Crippen molar-refractivity contribution in [2.75, 3.05) is 6.61 Å². The maximum Gasteiger partial charge on any atom is 0.119 e. The molecular formula is C16H20BrNOS. The number of benzene rings is 1. The Morgan fingerprint density at radius 2 is 2.00 bits per heavy atom. The third-order valence-corrected chi connectivity index (χ3v) is 5.04. The van der Waals surface area contributed by atoms with Crippen molar-refractivity contribution in [2.24, 2.45) is 0 Å². The van der Waals surface area contributed by atoms with Gasteiger partial charge in [0.2, 0.25) is 0 Å². The maximum absolute atomic E-state index is 5.60. The molecule has 1 atom stereocenters. The van der Waals surface area contributed by atoms with Gasteiger partial charge in [0.15, 0.2) is 0 Å². The average molecular weight is 354 g/mol. The highest BCUT2D eigenvalue weighted by Crippen LogP contribution is 2.24. The molecule has 0 saturated heterocycles. The molecule has 1 aromatic carbocycles. The second-order valence-corrected chi connectivity index (χ2v) is 6.57. The van der Waals surface area contributed by atoms with Crippen molar-refractivity contribution < 1.29 is 4.74 Å². The molecule has 20 heavy (non-hydrogen) atoms. The summed E-state index contributed by atoms with van der Waals surface area (Å²) >= 11 is 5.33. The second-order valence-electron chi connectivity index (χ2n) is 4.71. The Hall–Kier alpha value is -0.840. The summed E-state index contributed by atoms with van der Waals surface area (Å²) in [5, 5.41) is 5.65. The van der Waals surface area contributed by atoms with E-state index >= 15 is 0 Å².